The lowest BCUT2D eigenvalue weighted by Crippen LogP contribution is -2.63. The molecule has 2 fully saturated rings. The third kappa shape index (κ3) is 5.34. The molecule has 1 aliphatic carbocycles. The normalized spacial score (nSPS) is 23.1. The van der Waals surface area contributed by atoms with Crippen molar-refractivity contribution in [3.8, 4) is 17.2 Å². The van der Waals surface area contributed by atoms with Crippen LogP contribution in [-0.4, -0.2) is 75.9 Å². The van der Waals surface area contributed by atoms with Gasteiger partial charge in [-0.25, -0.2) is 0 Å². The number of benzene rings is 2. The van der Waals surface area contributed by atoms with Crippen LogP contribution in [0.25, 0.3) is 0 Å². The predicted molar refractivity (Wildman–Crippen MR) is 156 cm³/mol. The monoisotopic (exact) mass is 548 g/mol. The maximum atomic E-state index is 14.2. The summed E-state index contributed by atoms with van der Waals surface area (Å²) in [6, 6.07) is 12.4. The lowest BCUT2D eigenvalue weighted by atomic mass is 9.65. The van der Waals surface area contributed by atoms with E-state index in [9.17, 15) is 4.79 Å². The van der Waals surface area contributed by atoms with Crippen molar-refractivity contribution in [2.24, 2.45) is 5.92 Å². The molecule has 2 aliphatic heterocycles. The number of piperidine rings is 2. The third-order valence-corrected chi connectivity index (χ3v) is 9.22. The Kier molecular flexibility index (Phi) is 8.16. The van der Waals surface area contributed by atoms with Crippen LogP contribution in [-0.2, 0) is 27.9 Å². The maximum Gasteiger partial charge on any atom is 0.227 e. The quantitative estimate of drug-likeness (QED) is 0.433. The van der Waals surface area contributed by atoms with E-state index in [0.29, 0.717) is 13.2 Å². The predicted octanol–water partition coefficient (Wildman–Crippen LogP) is 5.00. The van der Waals surface area contributed by atoms with Gasteiger partial charge in [0.25, 0.3) is 0 Å². The molecule has 216 valence electrons. The Morgan fingerprint density at radius 1 is 0.875 bits per heavy atom. The summed E-state index contributed by atoms with van der Waals surface area (Å²) in [6.07, 6.45) is 5.85. The van der Waals surface area contributed by atoms with E-state index in [1.807, 2.05) is 12.1 Å². The zero-order valence-corrected chi connectivity index (χ0v) is 24.9. The largest absolute Gasteiger partial charge is 0.497 e. The number of likely N-dealkylation sites (tertiary alicyclic amines) is 2. The third-order valence-electron chi connectivity index (χ3n) is 9.22. The summed E-state index contributed by atoms with van der Waals surface area (Å²) in [5.41, 5.74) is 4.65. The standard InChI is InChI=1S/C33H44N2O5/c1-32(2)21-26-18-25(17-24-19-27(38-4)7-8-30(24)32)31(36)35(13-14-37-3)33(26)9-11-34(12-10-33)22-23-15-28(39-5)20-29(16-23)40-6/h7-8,15-16,19-21,25H,9-14,17-18,22H2,1-6H3/b26-21+. The molecular formula is C33H44N2O5. The van der Waals surface area contributed by atoms with Gasteiger partial charge in [-0.15, -0.1) is 0 Å². The summed E-state index contributed by atoms with van der Waals surface area (Å²) >= 11 is 0. The van der Waals surface area contributed by atoms with Crippen LogP contribution in [0.3, 0.4) is 0 Å². The molecule has 2 aromatic rings. The number of fused-ring (bicyclic) bond motifs is 4. The lowest BCUT2D eigenvalue weighted by Gasteiger charge is -2.55. The summed E-state index contributed by atoms with van der Waals surface area (Å²) in [4.78, 5) is 18.9. The molecule has 40 heavy (non-hydrogen) atoms. The first-order chi connectivity index (χ1) is 19.2. The molecule has 2 saturated heterocycles. The average molecular weight is 549 g/mol. The highest BCUT2D eigenvalue weighted by Crippen LogP contribution is 2.48. The van der Waals surface area contributed by atoms with Crippen LogP contribution < -0.4 is 14.2 Å². The zero-order valence-electron chi connectivity index (χ0n) is 24.9. The Morgan fingerprint density at radius 2 is 1.55 bits per heavy atom. The molecule has 3 aliphatic rings. The van der Waals surface area contributed by atoms with Crippen molar-refractivity contribution in [2.45, 2.75) is 57.0 Å². The fourth-order valence-electron chi connectivity index (χ4n) is 7.17. The molecule has 1 unspecified atom stereocenters. The van der Waals surface area contributed by atoms with Crippen molar-refractivity contribution < 1.29 is 23.7 Å². The van der Waals surface area contributed by atoms with Crippen molar-refractivity contribution in [2.75, 3.05) is 54.7 Å². The van der Waals surface area contributed by atoms with E-state index in [0.717, 1.165) is 62.6 Å². The molecule has 1 spiro atoms. The van der Waals surface area contributed by atoms with Gasteiger partial charge in [0.05, 0.1) is 33.5 Å². The fourth-order valence-corrected chi connectivity index (χ4v) is 7.17. The van der Waals surface area contributed by atoms with E-state index in [1.165, 1.54) is 22.3 Å². The van der Waals surface area contributed by atoms with Crippen molar-refractivity contribution in [1.29, 1.82) is 0 Å². The highest BCUT2D eigenvalue weighted by atomic mass is 16.5. The van der Waals surface area contributed by atoms with Gasteiger partial charge in [0.1, 0.15) is 17.2 Å². The number of allylic oxidation sites excluding steroid dienone is 1. The second-order valence-corrected chi connectivity index (χ2v) is 12.0. The minimum absolute atomic E-state index is 0.0713. The molecule has 1 atom stereocenters. The number of hydrogen-bond donors (Lipinski definition) is 0. The van der Waals surface area contributed by atoms with Gasteiger partial charge in [0, 0.05) is 50.7 Å². The molecule has 2 heterocycles. The Bertz CT molecular complexity index is 1240. The van der Waals surface area contributed by atoms with Crippen LogP contribution in [0.15, 0.2) is 48.0 Å². The van der Waals surface area contributed by atoms with E-state index < -0.39 is 0 Å². The molecule has 0 N–H and O–H groups in total. The van der Waals surface area contributed by atoms with Crippen molar-refractivity contribution >= 4 is 5.91 Å². The first-order valence-electron chi connectivity index (χ1n) is 14.4. The SMILES string of the molecule is COCCN1C(=O)C2C/C(=C\C(C)(C)c3ccc(OC)cc3C2)C12CCN(Cc1cc(OC)cc(OC)c1)CC2. The minimum Gasteiger partial charge on any atom is -0.497 e. The van der Waals surface area contributed by atoms with Crippen molar-refractivity contribution in [3.63, 3.8) is 0 Å². The Morgan fingerprint density at radius 3 is 2.17 bits per heavy atom. The highest BCUT2D eigenvalue weighted by molar-refractivity contribution is 5.83. The van der Waals surface area contributed by atoms with Gasteiger partial charge >= 0.3 is 0 Å². The summed E-state index contributed by atoms with van der Waals surface area (Å²) < 4.78 is 22.1. The van der Waals surface area contributed by atoms with Crippen LogP contribution in [0.5, 0.6) is 17.2 Å². The van der Waals surface area contributed by atoms with Gasteiger partial charge in [-0.1, -0.05) is 26.0 Å². The van der Waals surface area contributed by atoms with Crippen LogP contribution >= 0.6 is 0 Å². The Hall–Kier alpha value is -3.03. The van der Waals surface area contributed by atoms with Crippen LogP contribution in [0.2, 0.25) is 0 Å². The highest BCUT2D eigenvalue weighted by Gasteiger charge is 2.51. The second-order valence-electron chi connectivity index (χ2n) is 12.0. The fraction of sp³-hybridized carbons (Fsp3) is 0.545. The lowest BCUT2D eigenvalue weighted by molar-refractivity contribution is -0.147. The van der Waals surface area contributed by atoms with Crippen molar-refractivity contribution in [3.05, 3.63) is 64.7 Å². The van der Waals surface area contributed by atoms with Gasteiger partial charge in [0.2, 0.25) is 5.91 Å². The molecule has 5 rings (SSSR count). The van der Waals surface area contributed by atoms with E-state index in [-0.39, 0.29) is 22.8 Å². The second kappa shape index (κ2) is 11.5. The van der Waals surface area contributed by atoms with Crippen LogP contribution in [0.1, 0.15) is 49.8 Å². The van der Waals surface area contributed by atoms with Crippen molar-refractivity contribution in [1.82, 2.24) is 9.80 Å². The topological polar surface area (TPSA) is 60.5 Å². The molecule has 0 radical (unpaired) electrons. The molecule has 1 amide bonds. The molecule has 0 saturated carbocycles. The first kappa shape index (κ1) is 28.5. The summed E-state index contributed by atoms with van der Waals surface area (Å²) in [5, 5.41) is 0. The van der Waals surface area contributed by atoms with E-state index in [4.69, 9.17) is 18.9 Å². The van der Waals surface area contributed by atoms with Gasteiger partial charge in [-0.3, -0.25) is 9.69 Å². The van der Waals surface area contributed by atoms with Crippen LogP contribution in [0.4, 0.5) is 0 Å². The minimum atomic E-state index is -0.282. The molecule has 0 aromatic heterocycles. The average Bonchev–Trinajstić information content (AvgIpc) is 2.95. The van der Waals surface area contributed by atoms with Gasteiger partial charge < -0.3 is 23.8 Å². The number of carbonyl (C=O) groups is 1. The van der Waals surface area contributed by atoms with Gasteiger partial charge in [0.15, 0.2) is 0 Å². The number of methoxy groups -OCH3 is 4. The Labute approximate surface area is 239 Å². The smallest absolute Gasteiger partial charge is 0.227 e. The maximum absolute atomic E-state index is 14.2. The number of rotatable bonds is 8. The molecule has 2 bridgehead atoms. The van der Waals surface area contributed by atoms with Gasteiger partial charge in [-0.05, 0) is 72.2 Å². The number of nitrogens with zero attached hydrogens (tertiary/aromatic N) is 2. The van der Waals surface area contributed by atoms with E-state index in [2.05, 4.69) is 54.0 Å². The molecular weight excluding hydrogens is 504 g/mol. The number of hydrogen-bond acceptors (Lipinski definition) is 6. The molecule has 2 aromatic carbocycles. The molecule has 7 nitrogen and oxygen atoms in total. The zero-order chi connectivity index (χ0) is 28.5. The summed E-state index contributed by atoms with van der Waals surface area (Å²) in [7, 11) is 6.79. The number of amides is 1. The number of carbonyl (C=O) groups excluding carboxylic acids is 1. The van der Waals surface area contributed by atoms with E-state index in [1.54, 1.807) is 28.4 Å². The van der Waals surface area contributed by atoms with Crippen LogP contribution in [0, 0.1) is 5.92 Å². The van der Waals surface area contributed by atoms with E-state index >= 15 is 0 Å². The summed E-state index contributed by atoms with van der Waals surface area (Å²) in [5.74, 6) is 2.64. The molecule has 7 heteroatoms. The Balaban J connectivity index is 1.47. The van der Waals surface area contributed by atoms with Gasteiger partial charge in [-0.2, -0.15) is 0 Å². The summed E-state index contributed by atoms with van der Waals surface area (Å²) in [6.45, 7) is 8.40. The number of ether oxygens (including phenoxy) is 4. The first-order valence-corrected chi connectivity index (χ1v) is 14.4.